The molecule has 0 saturated carbocycles. The molecule has 0 aliphatic heterocycles. The molecule has 5 nitrogen and oxygen atoms in total. The first-order valence-corrected chi connectivity index (χ1v) is 9.01. The molecule has 0 spiro atoms. The Bertz CT molecular complexity index is 597. The lowest BCUT2D eigenvalue weighted by Crippen LogP contribution is -2.33. The maximum Gasteiger partial charge on any atom is 0.261 e. The van der Waals surface area contributed by atoms with E-state index in [0.29, 0.717) is 5.56 Å². The zero-order valence-electron chi connectivity index (χ0n) is 12.3. The number of benzene rings is 1. The van der Waals surface area contributed by atoms with Crippen LogP contribution in [0.3, 0.4) is 0 Å². The van der Waals surface area contributed by atoms with Crippen LogP contribution in [0.15, 0.2) is 23.1 Å². The standard InChI is InChI=1S/C14H20ClNO4S/c1-4-12(5-2)16-14(17)11-6-10(9-20-3)7-13(8-11)21(15,18)19/h6-8,12H,4-5,9H2,1-3H3,(H,16,17). The van der Waals surface area contributed by atoms with Gasteiger partial charge in [0, 0.05) is 29.4 Å². The SMILES string of the molecule is CCC(CC)NC(=O)c1cc(COC)cc(S(=O)(=O)Cl)c1. The number of carbonyl (C=O) groups excluding carboxylic acids is 1. The number of carbonyl (C=O) groups is 1. The average molecular weight is 334 g/mol. The van der Waals surface area contributed by atoms with Crippen LogP contribution >= 0.6 is 10.7 Å². The molecule has 1 rings (SSSR count). The van der Waals surface area contributed by atoms with Crippen LogP contribution in [0, 0.1) is 0 Å². The van der Waals surface area contributed by atoms with Crippen LogP contribution in [-0.2, 0) is 20.4 Å². The maximum absolute atomic E-state index is 12.2. The molecule has 7 heteroatoms. The molecule has 0 heterocycles. The topological polar surface area (TPSA) is 72.5 Å². The zero-order valence-corrected chi connectivity index (χ0v) is 13.9. The fraction of sp³-hybridized carbons (Fsp3) is 0.500. The van der Waals surface area contributed by atoms with Crippen molar-refractivity contribution in [1.29, 1.82) is 0 Å². The Morgan fingerprint density at radius 2 is 1.90 bits per heavy atom. The molecule has 0 atom stereocenters. The summed E-state index contributed by atoms with van der Waals surface area (Å²) in [7, 11) is 2.96. The molecule has 1 aromatic rings. The minimum Gasteiger partial charge on any atom is -0.380 e. The summed E-state index contributed by atoms with van der Waals surface area (Å²) in [6.45, 7) is 4.15. The average Bonchev–Trinajstić information content (AvgIpc) is 2.43. The largest absolute Gasteiger partial charge is 0.380 e. The summed E-state index contributed by atoms with van der Waals surface area (Å²) in [6, 6.07) is 4.34. The van der Waals surface area contributed by atoms with Gasteiger partial charge in [-0.1, -0.05) is 13.8 Å². The smallest absolute Gasteiger partial charge is 0.261 e. The van der Waals surface area contributed by atoms with Gasteiger partial charge in [0.2, 0.25) is 0 Å². The van der Waals surface area contributed by atoms with Gasteiger partial charge in [-0.2, -0.15) is 0 Å². The van der Waals surface area contributed by atoms with Crippen molar-refractivity contribution in [3.63, 3.8) is 0 Å². The van der Waals surface area contributed by atoms with E-state index in [4.69, 9.17) is 15.4 Å². The highest BCUT2D eigenvalue weighted by Crippen LogP contribution is 2.20. The predicted molar refractivity (Wildman–Crippen MR) is 82.0 cm³/mol. The zero-order chi connectivity index (χ0) is 16.0. The van der Waals surface area contributed by atoms with Crippen molar-refractivity contribution >= 4 is 25.6 Å². The Morgan fingerprint density at radius 1 is 1.29 bits per heavy atom. The molecule has 21 heavy (non-hydrogen) atoms. The fourth-order valence-corrected chi connectivity index (χ4v) is 2.77. The monoisotopic (exact) mass is 333 g/mol. The summed E-state index contributed by atoms with van der Waals surface area (Å²) < 4.78 is 28.0. The molecule has 1 aromatic carbocycles. The van der Waals surface area contributed by atoms with Crippen molar-refractivity contribution in [2.75, 3.05) is 7.11 Å². The quantitative estimate of drug-likeness (QED) is 0.779. The lowest BCUT2D eigenvalue weighted by molar-refractivity contribution is 0.0934. The van der Waals surface area contributed by atoms with Crippen molar-refractivity contribution < 1.29 is 17.9 Å². The van der Waals surface area contributed by atoms with E-state index < -0.39 is 9.05 Å². The lowest BCUT2D eigenvalue weighted by Gasteiger charge is -2.15. The van der Waals surface area contributed by atoms with Gasteiger partial charge in [0.15, 0.2) is 0 Å². The minimum absolute atomic E-state index is 0.0552. The Hall–Kier alpha value is -1.11. The number of halogens is 1. The van der Waals surface area contributed by atoms with Crippen LogP contribution < -0.4 is 5.32 Å². The van der Waals surface area contributed by atoms with E-state index in [2.05, 4.69) is 5.32 Å². The molecular weight excluding hydrogens is 314 g/mol. The van der Waals surface area contributed by atoms with Gasteiger partial charge in [0.05, 0.1) is 11.5 Å². The number of hydrogen-bond acceptors (Lipinski definition) is 4. The van der Waals surface area contributed by atoms with Crippen molar-refractivity contribution in [2.45, 2.75) is 44.2 Å². The highest BCUT2D eigenvalue weighted by molar-refractivity contribution is 8.13. The first kappa shape index (κ1) is 17.9. The van der Waals surface area contributed by atoms with E-state index >= 15 is 0 Å². The molecular formula is C14H20ClNO4S. The fourth-order valence-electron chi connectivity index (χ4n) is 1.94. The second-order valence-corrected chi connectivity index (χ2v) is 7.29. The van der Waals surface area contributed by atoms with Crippen LogP contribution in [-0.4, -0.2) is 27.5 Å². The van der Waals surface area contributed by atoms with Crippen LogP contribution in [0.25, 0.3) is 0 Å². The lowest BCUT2D eigenvalue weighted by atomic mass is 10.1. The van der Waals surface area contributed by atoms with E-state index in [9.17, 15) is 13.2 Å². The molecule has 118 valence electrons. The van der Waals surface area contributed by atoms with Crippen LogP contribution in [0.4, 0.5) is 0 Å². The normalized spacial score (nSPS) is 11.7. The molecule has 0 aliphatic rings. The number of amides is 1. The van der Waals surface area contributed by atoms with Gasteiger partial charge >= 0.3 is 0 Å². The molecule has 0 radical (unpaired) electrons. The molecule has 0 aliphatic carbocycles. The van der Waals surface area contributed by atoms with Gasteiger partial charge in [0.1, 0.15) is 0 Å². The molecule has 0 fully saturated rings. The van der Waals surface area contributed by atoms with E-state index in [-0.39, 0.29) is 29.0 Å². The third kappa shape index (κ3) is 5.30. The van der Waals surface area contributed by atoms with Crippen molar-refractivity contribution in [2.24, 2.45) is 0 Å². The first-order valence-electron chi connectivity index (χ1n) is 6.70. The molecule has 1 amide bonds. The summed E-state index contributed by atoms with van der Waals surface area (Å²) in [6.07, 6.45) is 1.61. The van der Waals surface area contributed by atoms with Crippen molar-refractivity contribution in [3.8, 4) is 0 Å². The highest BCUT2D eigenvalue weighted by Gasteiger charge is 2.17. The van der Waals surface area contributed by atoms with Crippen LogP contribution in [0.5, 0.6) is 0 Å². The first-order chi connectivity index (χ1) is 9.81. The van der Waals surface area contributed by atoms with Gasteiger partial charge in [-0.25, -0.2) is 8.42 Å². The second-order valence-electron chi connectivity index (χ2n) is 4.72. The summed E-state index contributed by atoms with van der Waals surface area (Å²) in [5, 5.41) is 2.86. The molecule has 0 unspecified atom stereocenters. The maximum atomic E-state index is 12.2. The Morgan fingerprint density at radius 3 is 2.38 bits per heavy atom. The number of rotatable bonds is 7. The third-order valence-electron chi connectivity index (χ3n) is 3.14. The molecule has 0 aromatic heterocycles. The van der Waals surface area contributed by atoms with Crippen LogP contribution in [0.1, 0.15) is 42.6 Å². The second kappa shape index (κ2) is 7.77. The number of nitrogens with one attached hydrogen (secondary N) is 1. The van der Waals surface area contributed by atoms with E-state index in [1.54, 1.807) is 6.07 Å². The van der Waals surface area contributed by atoms with E-state index in [0.717, 1.165) is 12.8 Å². The summed E-state index contributed by atoms with van der Waals surface area (Å²) >= 11 is 0. The Kier molecular flexibility index (Phi) is 6.64. The van der Waals surface area contributed by atoms with Crippen molar-refractivity contribution in [3.05, 3.63) is 29.3 Å². The van der Waals surface area contributed by atoms with Gasteiger partial charge in [-0.3, -0.25) is 4.79 Å². The molecule has 1 N–H and O–H groups in total. The summed E-state index contributed by atoms with van der Waals surface area (Å²) in [4.78, 5) is 12.1. The summed E-state index contributed by atoms with van der Waals surface area (Å²) in [5.74, 6) is -0.316. The van der Waals surface area contributed by atoms with Gasteiger partial charge < -0.3 is 10.1 Å². The van der Waals surface area contributed by atoms with Crippen LogP contribution in [0.2, 0.25) is 0 Å². The van der Waals surface area contributed by atoms with Gasteiger partial charge in [-0.15, -0.1) is 0 Å². The summed E-state index contributed by atoms with van der Waals surface area (Å²) in [5.41, 5.74) is 0.838. The molecule has 0 bridgehead atoms. The number of ether oxygens (including phenoxy) is 1. The van der Waals surface area contributed by atoms with E-state index in [1.807, 2.05) is 13.8 Å². The van der Waals surface area contributed by atoms with Gasteiger partial charge in [-0.05, 0) is 36.6 Å². The number of methoxy groups -OCH3 is 1. The third-order valence-corrected chi connectivity index (χ3v) is 4.48. The highest BCUT2D eigenvalue weighted by atomic mass is 35.7. The predicted octanol–water partition coefficient (Wildman–Crippen LogP) is 2.68. The molecule has 0 saturated heterocycles. The Labute approximate surface area is 130 Å². The Balaban J connectivity index is 3.16. The van der Waals surface area contributed by atoms with Gasteiger partial charge in [0.25, 0.3) is 15.0 Å². The van der Waals surface area contributed by atoms with Crippen molar-refractivity contribution in [1.82, 2.24) is 5.32 Å². The minimum atomic E-state index is -3.90. The van der Waals surface area contributed by atoms with E-state index in [1.165, 1.54) is 19.2 Å². The number of hydrogen-bond donors (Lipinski definition) is 1.